The van der Waals surface area contributed by atoms with E-state index >= 15 is 0 Å². The number of carbonyl (C=O) groups is 3. The molecule has 10 N–H and O–H groups in total. The molecule has 1 aliphatic rings. The largest absolute Gasteiger partial charge is 0.480 e. The van der Waals surface area contributed by atoms with Crippen LogP contribution in [0.2, 0.25) is 0 Å². The van der Waals surface area contributed by atoms with Gasteiger partial charge in [0.1, 0.15) is 12.1 Å². The lowest BCUT2D eigenvalue weighted by Crippen LogP contribution is -2.34. The molecule has 11 nitrogen and oxygen atoms in total. The van der Waals surface area contributed by atoms with Crippen molar-refractivity contribution in [2.24, 2.45) is 11.5 Å². The lowest BCUT2D eigenvalue weighted by molar-refractivity contribution is -0.140. The first-order valence-electron chi connectivity index (χ1n) is 12.8. The summed E-state index contributed by atoms with van der Waals surface area (Å²) in [7, 11) is 1.63. The van der Waals surface area contributed by atoms with E-state index in [1.165, 1.54) is 25.7 Å². The lowest BCUT2D eigenvalue weighted by Gasteiger charge is -2.13. The number of nitrogens with one attached hydrogen (secondary N) is 3. The summed E-state index contributed by atoms with van der Waals surface area (Å²) in [5, 5.41) is 32.4. The molecule has 0 bridgehead atoms. The summed E-state index contributed by atoms with van der Waals surface area (Å²) in [6, 6.07) is 6.92. The van der Waals surface area contributed by atoms with Crippen LogP contribution in [-0.4, -0.2) is 76.5 Å². The van der Waals surface area contributed by atoms with Crippen molar-refractivity contribution < 1.29 is 29.7 Å². The Balaban J connectivity index is 0.000000285. The Morgan fingerprint density at radius 2 is 1.70 bits per heavy atom. The van der Waals surface area contributed by atoms with E-state index < -0.39 is 30.0 Å². The molecule has 0 radical (unpaired) electrons. The monoisotopic (exact) mass is 521 g/mol. The van der Waals surface area contributed by atoms with Gasteiger partial charge in [-0.1, -0.05) is 43.9 Å². The summed E-state index contributed by atoms with van der Waals surface area (Å²) in [6.07, 6.45) is 10.9. The van der Waals surface area contributed by atoms with Crippen LogP contribution in [0.3, 0.4) is 0 Å². The van der Waals surface area contributed by atoms with Crippen LogP contribution in [0.5, 0.6) is 0 Å². The van der Waals surface area contributed by atoms with Crippen LogP contribution in [0.4, 0.5) is 0 Å². The number of carboxylic acid groups (broad SMARTS) is 3. The fourth-order valence-corrected chi connectivity index (χ4v) is 4.05. The van der Waals surface area contributed by atoms with Gasteiger partial charge < -0.3 is 42.4 Å². The van der Waals surface area contributed by atoms with E-state index in [-0.39, 0.29) is 6.54 Å². The number of rotatable bonds is 11. The minimum absolute atomic E-state index is 0.116. The third kappa shape index (κ3) is 13.2. The molecule has 1 aliphatic carbocycles. The zero-order valence-corrected chi connectivity index (χ0v) is 21.6. The van der Waals surface area contributed by atoms with Crippen molar-refractivity contribution in [3.8, 4) is 0 Å². The van der Waals surface area contributed by atoms with E-state index in [4.69, 9.17) is 26.8 Å². The molecule has 1 fully saturated rings. The highest BCUT2D eigenvalue weighted by Crippen LogP contribution is 2.19. The van der Waals surface area contributed by atoms with Gasteiger partial charge in [-0.25, -0.2) is 0 Å². The summed E-state index contributed by atoms with van der Waals surface area (Å²) in [5.41, 5.74) is 12.6. The van der Waals surface area contributed by atoms with E-state index in [1.807, 2.05) is 30.5 Å². The zero-order chi connectivity index (χ0) is 27.6. The minimum atomic E-state index is -0.972. The first kappa shape index (κ1) is 32.0. The molecule has 3 rings (SSSR count). The fourth-order valence-electron chi connectivity index (χ4n) is 4.05. The Hall–Kier alpha value is -2.99. The molecule has 2 atom stereocenters. The number of nitrogens with two attached hydrogens (primary N) is 2. The molecule has 1 aromatic heterocycles. The Kier molecular flexibility index (Phi) is 15.8. The van der Waals surface area contributed by atoms with Gasteiger partial charge in [-0.2, -0.15) is 0 Å². The van der Waals surface area contributed by atoms with E-state index in [1.54, 1.807) is 7.05 Å². The maximum Gasteiger partial charge on any atom is 0.320 e. The van der Waals surface area contributed by atoms with Crippen molar-refractivity contribution in [1.29, 1.82) is 0 Å². The highest BCUT2D eigenvalue weighted by atomic mass is 16.4. The third-order valence-corrected chi connectivity index (χ3v) is 6.17. The van der Waals surface area contributed by atoms with Crippen molar-refractivity contribution in [2.45, 2.75) is 75.9 Å². The van der Waals surface area contributed by atoms with Gasteiger partial charge in [-0.05, 0) is 50.9 Å². The first-order chi connectivity index (χ1) is 17.7. The number of hydrogen-bond donors (Lipinski definition) is 8. The number of likely N-dealkylation sites (N-methyl/N-ethyl adjacent to an activating group) is 1. The molecule has 0 unspecified atom stereocenters. The number of aromatic amines is 1. The standard InChI is InChI=1S/C11H12N2O2.C9H17NO2.C6H14N2O2/c12-9(11(14)15)5-7-6-13-10-4-2-1-3-8(7)10;11-9(12)7-10-8-5-3-1-2-4-6-8;1-8-5(6(9)10)3-2-4-7/h1-4,6,9,13H,5,12H2,(H,14,15);8,10H,1-7H2,(H,11,12);5,8H,2-4,7H2,1H3,(H,9,10)/t9-;;5-/m1.0/s1. The smallest absolute Gasteiger partial charge is 0.320 e. The number of fused-ring (bicyclic) bond motifs is 1. The lowest BCUT2D eigenvalue weighted by atomic mass is 10.1. The summed E-state index contributed by atoms with van der Waals surface area (Å²) in [6.45, 7) is 0.663. The van der Waals surface area contributed by atoms with Crippen LogP contribution < -0.4 is 22.1 Å². The van der Waals surface area contributed by atoms with Crippen molar-refractivity contribution in [2.75, 3.05) is 20.1 Å². The molecule has 208 valence electrons. The minimum Gasteiger partial charge on any atom is -0.480 e. The molecule has 0 saturated heterocycles. The number of carboxylic acids is 3. The summed E-state index contributed by atoms with van der Waals surface area (Å²) in [5.74, 6) is -2.53. The van der Waals surface area contributed by atoms with Gasteiger partial charge >= 0.3 is 17.9 Å². The average molecular weight is 522 g/mol. The molecule has 0 amide bonds. The second kappa shape index (κ2) is 18.3. The van der Waals surface area contributed by atoms with Gasteiger partial charge in [0.15, 0.2) is 0 Å². The third-order valence-electron chi connectivity index (χ3n) is 6.17. The summed E-state index contributed by atoms with van der Waals surface area (Å²) in [4.78, 5) is 34.3. The van der Waals surface area contributed by atoms with Gasteiger partial charge in [0.2, 0.25) is 0 Å². The Morgan fingerprint density at radius 1 is 1.05 bits per heavy atom. The normalized spacial score (nSPS) is 15.3. The molecule has 0 aliphatic heterocycles. The van der Waals surface area contributed by atoms with Crippen LogP contribution >= 0.6 is 0 Å². The van der Waals surface area contributed by atoms with Crippen LogP contribution in [0, 0.1) is 0 Å². The van der Waals surface area contributed by atoms with Crippen LogP contribution in [0.25, 0.3) is 10.9 Å². The predicted octanol–water partition coefficient (Wildman–Crippen LogP) is 1.90. The summed E-state index contributed by atoms with van der Waals surface area (Å²) < 4.78 is 0. The molecule has 11 heteroatoms. The maximum absolute atomic E-state index is 10.6. The zero-order valence-electron chi connectivity index (χ0n) is 21.6. The number of hydrogen-bond acceptors (Lipinski definition) is 7. The van der Waals surface area contributed by atoms with Gasteiger partial charge in [0.05, 0.1) is 6.54 Å². The van der Waals surface area contributed by atoms with Gasteiger partial charge in [0, 0.05) is 29.6 Å². The Bertz CT molecular complexity index is 942. The maximum atomic E-state index is 10.6. The summed E-state index contributed by atoms with van der Waals surface area (Å²) >= 11 is 0. The number of benzene rings is 1. The van der Waals surface area contributed by atoms with Gasteiger partial charge in [-0.3, -0.25) is 14.4 Å². The first-order valence-corrected chi connectivity index (χ1v) is 12.8. The second-order valence-corrected chi connectivity index (χ2v) is 9.08. The molecule has 1 heterocycles. The van der Waals surface area contributed by atoms with Crippen molar-refractivity contribution in [3.63, 3.8) is 0 Å². The molecule has 2 aromatic rings. The van der Waals surface area contributed by atoms with Crippen molar-refractivity contribution in [1.82, 2.24) is 15.6 Å². The molecule has 1 saturated carbocycles. The molecule has 0 spiro atoms. The fraction of sp³-hybridized carbons (Fsp3) is 0.577. The van der Waals surface area contributed by atoms with E-state index in [0.717, 1.165) is 35.7 Å². The molecule has 1 aromatic carbocycles. The molecular formula is C26H43N5O6. The van der Waals surface area contributed by atoms with E-state index in [2.05, 4.69) is 15.6 Å². The highest BCUT2D eigenvalue weighted by molar-refractivity contribution is 5.84. The number of para-hydroxylation sites is 1. The van der Waals surface area contributed by atoms with Crippen LogP contribution in [-0.2, 0) is 20.8 Å². The van der Waals surface area contributed by atoms with E-state index in [9.17, 15) is 14.4 Å². The Morgan fingerprint density at radius 3 is 2.24 bits per heavy atom. The topological polar surface area (TPSA) is 204 Å². The van der Waals surface area contributed by atoms with E-state index in [0.29, 0.717) is 25.4 Å². The number of aromatic nitrogens is 1. The number of H-pyrrole nitrogens is 1. The highest BCUT2D eigenvalue weighted by Gasteiger charge is 2.15. The quantitative estimate of drug-likeness (QED) is 0.202. The average Bonchev–Trinajstić information content (AvgIpc) is 3.09. The number of aliphatic carboxylic acids is 3. The predicted molar refractivity (Wildman–Crippen MR) is 144 cm³/mol. The van der Waals surface area contributed by atoms with Crippen LogP contribution in [0.15, 0.2) is 30.5 Å². The second-order valence-electron chi connectivity index (χ2n) is 9.08. The van der Waals surface area contributed by atoms with Gasteiger partial charge in [0.25, 0.3) is 0 Å². The van der Waals surface area contributed by atoms with Crippen molar-refractivity contribution in [3.05, 3.63) is 36.0 Å². The van der Waals surface area contributed by atoms with Gasteiger partial charge in [-0.15, -0.1) is 0 Å². The SMILES string of the molecule is CN[C@@H](CCCN)C(=O)O.N[C@H](Cc1c[nH]c2ccccc12)C(=O)O.O=C(O)CNC1CCCCCC1. The Labute approximate surface area is 218 Å². The van der Waals surface area contributed by atoms with Crippen molar-refractivity contribution >= 4 is 28.8 Å². The van der Waals surface area contributed by atoms with Crippen LogP contribution in [0.1, 0.15) is 56.9 Å². The molecule has 37 heavy (non-hydrogen) atoms. The molecular weight excluding hydrogens is 478 g/mol.